The van der Waals surface area contributed by atoms with Crippen LogP contribution in [0.25, 0.3) is 16.3 Å². The SMILES string of the molecule is COC(=O)c1ccc(/C=C/C(=O)Nc2nc3ccc(Oc4ccccc4)cc3s2)cc1. The molecule has 0 aliphatic carbocycles. The molecule has 31 heavy (non-hydrogen) atoms. The van der Waals surface area contributed by atoms with Crippen molar-refractivity contribution in [3.63, 3.8) is 0 Å². The molecule has 0 aliphatic heterocycles. The second-order valence-corrected chi connectivity index (χ2v) is 7.53. The minimum atomic E-state index is -0.401. The van der Waals surface area contributed by atoms with E-state index in [0.29, 0.717) is 16.4 Å². The molecule has 1 N–H and O–H groups in total. The molecule has 0 aliphatic rings. The van der Waals surface area contributed by atoms with Gasteiger partial charge in [-0.2, -0.15) is 0 Å². The third kappa shape index (κ3) is 5.15. The number of nitrogens with zero attached hydrogens (tertiary/aromatic N) is 1. The van der Waals surface area contributed by atoms with Gasteiger partial charge in [0.05, 0.1) is 22.9 Å². The van der Waals surface area contributed by atoms with Gasteiger partial charge in [-0.05, 0) is 48.0 Å². The van der Waals surface area contributed by atoms with Crippen molar-refractivity contribution >= 4 is 44.6 Å². The van der Waals surface area contributed by atoms with Crippen molar-refractivity contribution in [2.75, 3.05) is 12.4 Å². The van der Waals surface area contributed by atoms with Gasteiger partial charge in [0, 0.05) is 12.1 Å². The number of nitrogens with one attached hydrogen (secondary N) is 1. The lowest BCUT2D eigenvalue weighted by Gasteiger charge is -2.04. The van der Waals surface area contributed by atoms with Crippen LogP contribution in [0.3, 0.4) is 0 Å². The van der Waals surface area contributed by atoms with Crippen LogP contribution in [0.4, 0.5) is 5.13 Å². The van der Waals surface area contributed by atoms with Crippen LogP contribution in [0, 0.1) is 0 Å². The third-order valence-corrected chi connectivity index (χ3v) is 5.26. The van der Waals surface area contributed by atoms with Gasteiger partial charge in [-0.25, -0.2) is 9.78 Å². The Morgan fingerprint density at radius 1 is 0.968 bits per heavy atom. The summed E-state index contributed by atoms with van der Waals surface area (Å²) in [4.78, 5) is 28.2. The second-order valence-electron chi connectivity index (χ2n) is 6.50. The zero-order chi connectivity index (χ0) is 21.6. The number of benzene rings is 3. The zero-order valence-electron chi connectivity index (χ0n) is 16.6. The highest BCUT2D eigenvalue weighted by atomic mass is 32.1. The van der Waals surface area contributed by atoms with Gasteiger partial charge in [-0.1, -0.05) is 41.7 Å². The summed E-state index contributed by atoms with van der Waals surface area (Å²) in [6.45, 7) is 0. The molecular weight excluding hydrogens is 412 g/mol. The molecule has 6 nitrogen and oxygen atoms in total. The fourth-order valence-corrected chi connectivity index (χ4v) is 3.71. The Morgan fingerprint density at radius 3 is 2.48 bits per heavy atom. The minimum Gasteiger partial charge on any atom is -0.465 e. The van der Waals surface area contributed by atoms with E-state index in [1.165, 1.54) is 24.5 Å². The number of amides is 1. The Labute approximate surface area is 182 Å². The molecule has 3 aromatic carbocycles. The zero-order valence-corrected chi connectivity index (χ0v) is 17.4. The van der Waals surface area contributed by atoms with E-state index in [1.54, 1.807) is 30.3 Å². The molecule has 1 aromatic heterocycles. The van der Waals surface area contributed by atoms with Gasteiger partial charge < -0.3 is 9.47 Å². The average molecular weight is 430 g/mol. The molecule has 0 atom stereocenters. The van der Waals surface area contributed by atoms with Gasteiger partial charge in [-0.15, -0.1) is 0 Å². The number of carbonyl (C=O) groups excluding carboxylic acids is 2. The van der Waals surface area contributed by atoms with Crippen molar-refractivity contribution in [3.05, 3.63) is 90.0 Å². The molecule has 4 rings (SSSR count). The Kier molecular flexibility index (Phi) is 6.05. The number of hydrogen-bond acceptors (Lipinski definition) is 6. The largest absolute Gasteiger partial charge is 0.465 e. The minimum absolute atomic E-state index is 0.295. The van der Waals surface area contributed by atoms with Crippen LogP contribution in [0.1, 0.15) is 15.9 Å². The third-order valence-electron chi connectivity index (χ3n) is 4.33. The predicted octanol–water partition coefficient (Wildman–Crippen LogP) is 5.53. The Bertz CT molecular complexity index is 1250. The van der Waals surface area contributed by atoms with Crippen molar-refractivity contribution in [1.82, 2.24) is 4.98 Å². The van der Waals surface area contributed by atoms with Gasteiger partial charge in [-0.3, -0.25) is 10.1 Å². The highest BCUT2D eigenvalue weighted by molar-refractivity contribution is 7.22. The number of methoxy groups -OCH3 is 1. The maximum atomic E-state index is 12.3. The summed E-state index contributed by atoms with van der Waals surface area (Å²) < 4.78 is 11.4. The molecule has 0 radical (unpaired) electrons. The molecule has 4 aromatic rings. The van der Waals surface area contributed by atoms with Crippen LogP contribution in [0.5, 0.6) is 11.5 Å². The highest BCUT2D eigenvalue weighted by Crippen LogP contribution is 2.31. The number of anilines is 1. The molecule has 7 heteroatoms. The summed E-state index contributed by atoms with van der Waals surface area (Å²) in [5.74, 6) is 0.762. The summed E-state index contributed by atoms with van der Waals surface area (Å²) >= 11 is 1.37. The van der Waals surface area contributed by atoms with E-state index >= 15 is 0 Å². The molecule has 0 fully saturated rings. The monoisotopic (exact) mass is 430 g/mol. The van der Waals surface area contributed by atoms with E-state index in [1.807, 2.05) is 48.5 Å². The molecule has 0 bridgehead atoms. The Morgan fingerprint density at radius 2 is 1.74 bits per heavy atom. The van der Waals surface area contributed by atoms with E-state index in [9.17, 15) is 9.59 Å². The van der Waals surface area contributed by atoms with E-state index in [4.69, 9.17) is 4.74 Å². The van der Waals surface area contributed by atoms with Crippen molar-refractivity contribution in [3.8, 4) is 11.5 Å². The Hall–Kier alpha value is -3.97. The number of hydrogen-bond donors (Lipinski definition) is 1. The number of ether oxygens (including phenoxy) is 2. The Balaban J connectivity index is 1.41. The summed E-state index contributed by atoms with van der Waals surface area (Å²) in [7, 11) is 1.33. The van der Waals surface area contributed by atoms with Crippen LogP contribution in [-0.2, 0) is 9.53 Å². The van der Waals surface area contributed by atoms with Crippen molar-refractivity contribution in [2.24, 2.45) is 0 Å². The summed E-state index contributed by atoms with van der Waals surface area (Å²) in [6, 6.07) is 21.9. The van der Waals surface area contributed by atoms with E-state index in [2.05, 4.69) is 15.0 Å². The first-order valence-electron chi connectivity index (χ1n) is 9.42. The maximum Gasteiger partial charge on any atom is 0.337 e. The number of aromatic nitrogens is 1. The smallest absolute Gasteiger partial charge is 0.337 e. The number of rotatable bonds is 6. The fourth-order valence-electron chi connectivity index (χ4n) is 2.81. The van der Waals surface area contributed by atoms with E-state index < -0.39 is 5.97 Å². The summed E-state index contributed by atoms with van der Waals surface area (Å²) in [6.07, 6.45) is 3.08. The predicted molar refractivity (Wildman–Crippen MR) is 122 cm³/mol. The van der Waals surface area contributed by atoms with Crippen LogP contribution < -0.4 is 10.1 Å². The lowest BCUT2D eigenvalue weighted by Crippen LogP contribution is -2.07. The van der Waals surface area contributed by atoms with Crippen LogP contribution in [0.15, 0.2) is 78.9 Å². The van der Waals surface area contributed by atoms with Gasteiger partial charge in [0.25, 0.3) is 0 Å². The van der Waals surface area contributed by atoms with Gasteiger partial charge in [0.1, 0.15) is 11.5 Å². The molecule has 0 saturated carbocycles. The maximum absolute atomic E-state index is 12.3. The topological polar surface area (TPSA) is 77.5 Å². The first-order valence-corrected chi connectivity index (χ1v) is 10.2. The quantitative estimate of drug-likeness (QED) is 0.322. The molecule has 0 spiro atoms. The number of para-hydroxylation sites is 1. The first-order chi connectivity index (χ1) is 15.1. The van der Waals surface area contributed by atoms with Gasteiger partial charge in [0.15, 0.2) is 5.13 Å². The van der Waals surface area contributed by atoms with Crippen LogP contribution in [-0.4, -0.2) is 24.0 Å². The second kappa shape index (κ2) is 9.23. The fraction of sp³-hybridized carbons (Fsp3) is 0.0417. The molecule has 1 heterocycles. The van der Waals surface area contributed by atoms with Crippen molar-refractivity contribution in [1.29, 1.82) is 0 Å². The number of esters is 1. The van der Waals surface area contributed by atoms with E-state index in [-0.39, 0.29) is 5.91 Å². The van der Waals surface area contributed by atoms with E-state index in [0.717, 1.165) is 21.5 Å². The van der Waals surface area contributed by atoms with Crippen LogP contribution in [0.2, 0.25) is 0 Å². The standard InChI is InChI=1S/C24H18N2O4S/c1-29-23(28)17-10-7-16(8-11-17)9-14-22(27)26-24-25-20-13-12-19(15-21(20)31-24)30-18-5-3-2-4-6-18/h2-15H,1H3,(H,25,26,27)/b14-9+. The highest BCUT2D eigenvalue weighted by Gasteiger charge is 2.08. The molecule has 154 valence electrons. The number of fused-ring (bicyclic) bond motifs is 1. The lowest BCUT2D eigenvalue weighted by molar-refractivity contribution is -0.111. The molecule has 1 amide bonds. The van der Waals surface area contributed by atoms with Crippen molar-refractivity contribution < 1.29 is 19.1 Å². The summed E-state index contributed by atoms with van der Waals surface area (Å²) in [5, 5.41) is 3.28. The van der Waals surface area contributed by atoms with Gasteiger partial charge in [0.2, 0.25) is 5.91 Å². The van der Waals surface area contributed by atoms with Crippen molar-refractivity contribution in [2.45, 2.75) is 0 Å². The number of thiazole rings is 1. The summed E-state index contributed by atoms with van der Waals surface area (Å²) in [5.41, 5.74) is 2.02. The van der Waals surface area contributed by atoms with Gasteiger partial charge >= 0.3 is 5.97 Å². The molecule has 0 saturated heterocycles. The molecule has 0 unspecified atom stereocenters. The average Bonchev–Trinajstić information content (AvgIpc) is 3.19. The normalized spacial score (nSPS) is 10.9. The van der Waals surface area contributed by atoms with Crippen LogP contribution >= 0.6 is 11.3 Å². The number of carbonyl (C=O) groups is 2. The lowest BCUT2D eigenvalue weighted by atomic mass is 10.1. The first kappa shape index (κ1) is 20.3. The molecular formula is C24H18N2O4S.